The van der Waals surface area contributed by atoms with E-state index >= 15 is 0 Å². The lowest BCUT2D eigenvalue weighted by Crippen LogP contribution is -2.47. The minimum Gasteiger partial charge on any atom is -0.482 e. The van der Waals surface area contributed by atoms with Crippen molar-refractivity contribution >= 4 is 23.5 Å². The van der Waals surface area contributed by atoms with Gasteiger partial charge in [-0.25, -0.2) is 21.5 Å². The Labute approximate surface area is 134 Å². The van der Waals surface area contributed by atoms with E-state index in [0.717, 1.165) is 0 Å². The largest absolute Gasteiger partial charge is 0.482 e. The lowest BCUT2D eigenvalue weighted by Gasteiger charge is -2.21. The molecule has 2 aromatic rings. The van der Waals surface area contributed by atoms with Gasteiger partial charge < -0.3 is 9.15 Å². The van der Waals surface area contributed by atoms with Gasteiger partial charge in [-0.2, -0.15) is 8.78 Å². The van der Waals surface area contributed by atoms with Crippen molar-refractivity contribution in [2.24, 2.45) is 11.7 Å². The SMILES string of the molecule is NNC(=O)N(N)c1cccc(SC(F)F)c1OCc1ccco1. The monoisotopic (exact) mass is 344 g/mol. The number of carbonyl (C=O) groups excluding carboxylic acids is 1. The number of nitrogens with one attached hydrogen (secondary N) is 1. The molecule has 2 rings (SSSR count). The van der Waals surface area contributed by atoms with Crippen LogP contribution in [0.4, 0.5) is 19.3 Å². The number of hydrogen-bond acceptors (Lipinski definition) is 6. The Balaban J connectivity index is 2.33. The molecule has 10 heteroatoms. The van der Waals surface area contributed by atoms with E-state index < -0.39 is 11.8 Å². The molecule has 124 valence electrons. The van der Waals surface area contributed by atoms with Crippen LogP contribution in [0.2, 0.25) is 0 Å². The van der Waals surface area contributed by atoms with Gasteiger partial charge in [0.15, 0.2) is 5.75 Å². The Morgan fingerprint density at radius 2 is 2.17 bits per heavy atom. The summed E-state index contributed by atoms with van der Waals surface area (Å²) in [6.07, 6.45) is 1.45. The van der Waals surface area contributed by atoms with Crippen LogP contribution in [0.1, 0.15) is 5.76 Å². The number of rotatable bonds is 6. The van der Waals surface area contributed by atoms with Gasteiger partial charge in [-0.05, 0) is 24.3 Å². The Hall–Kier alpha value is -2.30. The number of halogens is 2. The first kappa shape index (κ1) is 17.1. The van der Waals surface area contributed by atoms with Gasteiger partial charge in [0.1, 0.15) is 18.1 Å². The van der Waals surface area contributed by atoms with E-state index in [1.165, 1.54) is 24.5 Å². The van der Waals surface area contributed by atoms with E-state index in [1.807, 2.05) is 5.43 Å². The van der Waals surface area contributed by atoms with Crippen molar-refractivity contribution in [3.8, 4) is 5.75 Å². The molecular weight excluding hydrogens is 330 g/mol. The molecule has 1 aromatic carbocycles. The molecular formula is C13H14F2N4O3S. The maximum atomic E-state index is 12.7. The fourth-order valence-electron chi connectivity index (χ4n) is 1.74. The summed E-state index contributed by atoms with van der Waals surface area (Å²) in [5.74, 6) is 8.52. The number of hydrogen-bond donors (Lipinski definition) is 3. The molecule has 0 fully saturated rings. The van der Waals surface area contributed by atoms with Gasteiger partial charge in [-0.1, -0.05) is 17.8 Å². The molecule has 0 saturated carbocycles. The van der Waals surface area contributed by atoms with E-state index in [2.05, 4.69) is 0 Å². The molecule has 0 aliphatic rings. The number of carbonyl (C=O) groups is 1. The highest BCUT2D eigenvalue weighted by Gasteiger charge is 2.21. The Morgan fingerprint density at radius 3 is 2.78 bits per heavy atom. The second kappa shape index (κ2) is 7.81. The van der Waals surface area contributed by atoms with Gasteiger partial charge in [0.05, 0.1) is 11.2 Å². The number of nitrogens with zero attached hydrogens (tertiary/aromatic N) is 1. The van der Waals surface area contributed by atoms with Crippen LogP contribution in [0.3, 0.4) is 0 Å². The predicted molar refractivity (Wildman–Crippen MR) is 80.7 cm³/mol. The average Bonchev–Trinajstić information content (AvgIpc) is 3.04. The van der Waals surface area contributed by atoms with Crippen LogP contribution >= 0.6 is 11.8 Å². The van der Waals surface area contributed by atoms with Gasteiger partial charge in [-0.3, -0.25) is 5.43 Å². The minimum atomic E-state index is -2.66. The number of para-hydroxylation sites is 1. The van der Waals surface area contributed by atoms with Crippen molar-refractivity contribution < 1.29 is 22.7 Å². The molecule has 7 nitrogen and oxygen atoms in total. The minimum absolute atomic E-state index is 0.0150. The number of thioether (sulfide) groups is 1. The van der Waals surface area contributed by atoms with E-state index in [1.54, 1.807) is 12.1 Å². The van der Waals surface area contributed by atoms with Crippen LogP contribution in [0, 0.1) is 0 Å². The summed E-state index contributed by atoms with van der Waals surface area (Å²) in [6, 6.07) is 6.86. The highest BCUT2D eigenvalue weighted by Crippen LogP contribution is 2.40. The third kappa shape index (κ3) is 4.34. The summed E-state index contributed by atoms with van der Waals surface area (Å²) in [5, 5.41) is 0.674. The molecule has 5 N–H and O–H groups in total. The van der Waals surface area contributed by atoms with Gasteiger partial charge in [0, 0.05) is 0 Å². The van der Waals surface area contributed by atoms with Crippen molar-refractivity contribution in [3.63, 3.8) is 0 Å². The summed E-state index contributed by atoms with van der Waals surface area (Å²) in [5.41, 5.74) is 1.94. The zero-order valence-electron chi connectivity index (χ0n) is 11.7. The molecule has 1 aromatic heterocycles. The number of benzene rings is 1. The second-order valence-electron chi connectivity index (χ2n) is 4.17. The molecule has 0 bridgehead atoms. The number of nitrogens with two attached hydrogens (primary N) is 2. The van der Waals surface area contributed by atoms with Gasteiger partial charge in [0.25, 0.3) is 5.76 Å². The van der Waals surface area contributed by atoms with Crippen LogP contribution in [-0.4, -0.2) is 11.8 Å². The van der Waals surface area contributed by atoms with Crippen LogP contribution in [-0.2, 0) is 6.61 Å². The molecule has 2 amide bonds. The van der Waals surface area contributed by atoms with Crippen molar-refractivity contribution in [1.82, 2.24) is 5.43 Å². The maximum absolute atomic E-state index is 12.7. The Kier molecular flexibility index (Phi) is 5.79. The smallest absolute Gasteiger partial charge is 0.350 e. The van der Waals surface area contributed by atoms with Crippen molar-refractivity contribution in [2.75, 3.05) is 5.01 Å². The van der Waals surface area contributed by atoms with E-state index in [4.69, 9.17) is 20.8 Å². The van der Waals surface area contributed by atoms with Crippen LogP contribution < -0.4 is 26.9 Å². The Morgan fingerprint density at radius 1 is 1.39 bits per heavy atom. The molecule has 1 heterocycles. The Bertz CT molecular complexity index is 655. The number of alkyl halides is 2. The fourth-order valence-corrected chi connectivity index (χ4v) is 2.36. The van der Waals surface area contributed by atoms with Gasteiger partial charge in [0.2, 0.25) is 0 Å². The second-order valence-corrected chi connectivity index (χ2v) is 5.20. The first-order valence-corrected chi connectivity index (χ1v) is 7.19. The van der Waals surface area contributed by atoms with Crippen LogP contribution in [0.25, 0.3) is 0 Å². The summed E-state index contributed by atoms with van der Waals surface area (Å²) >= 11 is 0.279. The number of ether oxygens (including phenoxy) is 1. The van der Waals surface area contributed by atoms with E-state index in [0.29, 0.717) is 10.8 Å². The summed E-state index contributed by atoms with van der Waals surface area (Å²) < 4.78 is 36.1. The molecule has 0 radical (unpaired) electrons. The molecule has 0 aliphatic carbocycles. The zero-order chi connectivity index (χ0) is 16.8. The van der Waals surface area contributed by atoms with Crippen LogP contribution in [0.15, 0.2) is 45.9 Å². The quantitative estimate of drug-likeness (QED) is 0.322. The predicted octanol–water partition coefficient (Wildman–Crippen LogP) is 2.44. The topological polar surface area (TPSA) is 107 Å². The maximum Gasteiger partial charge on any atom is 0.350 e. The van der Waals surface area contributed by atoms with Crippen molar-refractivity contribution in [1.29, 1.82) is 0 Å². The summed E-state index contributed by atoms with van der Waals surface area (Å²) in [6.45, 7) is -0.0150. The van der Waals surface area contributed by atoms with E-state index in [9.17, 15) is 13.6 Å². The van der Waals surface area contributed by atoms with Crippen molar-refractivity contribution in [2.45, 2.75) is 17.3 Å². The van der Waals surface area contributed by atoms with E-state index in [-0.39, 0.29) is 34.7 Å². The third-order valence-electron chi connectivity index (χ3n) is 2.71. The average molecular weight is 344 g/mol. The lowest BCUT2D eigenvalue weighted by molar-refractivity contribution is 0.244. The van der Waals surface area contributed by atoms with Crippen molar-refractivity contribution in [3.05, 3.63) is 42.4 Å². The normalized spacial score (nSPS) is 10.7. The number of furan rings is 1. The molecule has 0 unspecified atom stereocenters. The number of hydrazine groups is 2. The standard InChI is InChI=1S/C13H14F2N4O3S/c14-12(15)23-10-5-1-4-9(19(17)13(20)18-16)11(10)22-7-8-3-2-6-21-8/h1-6,12H,7,16-17H2,(H,18,20). The highest BCUT2D eigenvalue weighted by molar-refractivity contribution is 7.99. The van der Waals surface area contributed by atoms with Gasteiger partial charge in [-0.15, -0.1) is 0 Å². The lowest BCUT2D eigenvalue weighted by atomic mass is 10.3. The number of amides is 2. The molecule has 23 heavy (non-hydrogen) atoms. The zero-order valence-corrected chi connectivity index (χ0v) is 12.6. The third-order valence-corrected chi connectivity index (χ3v) is 3.47. The molecule has 0 aliphatic heterocycles. The molecule has 0 atom stereocenters. The van der Waals surface area contributed by atoms with Gasteiger partial charge >= 0.3 is 6.03 Å². The molecule has 0 saturated heterocycles. The van der Waals surface area contributed by atoms with Crippen LogP contribution in [0.5, 0.6) is 5.75 Å². The number of urea groups is 1. The number of anilines is 1. The first-order chi connectivity index (χ1) is 11.0. The summed E-state index contributed by atoms with van der Waals surface area (Å²) in [4.78, 5) is 11.7. The fraction of sp³-hybridized carbons (Fsp3) is 0.154. The molecule has 0 spiro atoms. The highest BCUT2D eigenvalue weighted by atomic mass is 32.2. The summed E-state index contributed by atoms with van der Waals surface area (Å²) in [7, 11) is 0. The first-order valence-electron chi connectivity index (χ1n) is 6.31.